The van der Waals surface area contributed by atoms with E-state index in [9.17, 15) is 4.79 Å². The number of rotatable bonds is 7. The topological polar surface area (TPSA) is 85.8 Å². The SMILES string of the molecule is CCCCNc1nc(N)nc2ccn(Cc3cccc(CCl)c3)c(=O)c12. The average Bonchev–Trinajstić information content (AvgIpc) is 2.64. The minimum absolute atomic E-state index is 0.141. The molecule has 0 spiro atoms. The van der Waals surface area contributed by atoms with Gasteiger partial charge in [0.1, 0.15) is 11.2 Å². The summed E-state index contributed by atoms with van der Waals surface area (Å²) in [5, 5.41) is 3.68. The quantitative estimate of drug-likeness (QED) is 0.491. The van der Waals surface area contributed by atoms with Crippen molar-refractivity contribution in [2.75, 3.05) is 17.6 Å². The minimum atomic E-state index is -0.141. The number of nitrogens with zero attached hydrogens (tertiary/aromatic N) is 3. The monoisotopic (exact) mass is 371 g/mol. The zero-order valence-corrected chi connectivity index (χ0v) is 15.5. The lowest BCUT2D eigenvalue weighted by atomic mass is 10.1. The molecule has 1 aromatic carbocycles. The van der Waals surface area contributed by atoms with Gasteiger partial charge in [0.05, 0.1) is 12.1 Å². The number of hydrogen-bond acceptors (Lipinski definition) is 5. The van der Waals surface area contributed by atoms with Crippen molar-refractivity contribution in [2.24, 2.45) is 0 Å². The molecule has 3 aromatic rings. The molecule has 0 fully saturated rings. The van der Waals surface area contributed by atoms with Gasteiger partial charge >= 0.3 is 0 Å². The molecule has 0 saturated heterocycles. The fourth-order valence-electron chi connectivity index (χ4n) is 2.84. The smallest absolute Gasteiger partial charge is 0.264 e. The van der Waals surface area contributed by atoms with E-state index in [1.54, 1.807) is 16.8 Å². The van der Waals surface area contributed by atoms with Crippen LogP contribution < -0.4 is 16.6 Å². The third kappa shape index (κ3) is 3.96. The average molecular weight is 372 g/mol. The van der Waals surface area contributed by atoms with Gasteiger partial charge in [-0.15, -0.1) is 11.6 Å². The van der Waals surface area contributed by atoms with Crippen LogP contribution in [0.1, 0.15) is 30.9 Å². The molecule has 6 nitrogen and oxygen atoms in total. The highest BCUT2D eigenvalue weighted by atomic mass is 35.5. The summed E-state index contributed by atoms with van der Waals surface area (Å²) < 4.78 is 1.65. The van der Waals surface area contributed by atoms with E-state index in [4.69, 9.17) is 17.3 Å². The molecule has 2 heterocycles. The number of nitrogens with two attached hydrogens (primary N) is 1. The van der Waals surface area contributed by atoms with Gasteiger partial charge in [-0.05, 0) is 23.6 Å². The minimum Gasteiger partial charge on any atom is -0.369 e. The molecule has 0 atom stereocenters. The summed E-state index contributed by atoms with van der Waals surface area (Å²) in [6.45, 7) is 3.29. The number of pyridine rings is 1. The lowest BCUT2D eigenvalue weighted by Crippen LogP contribution is -2.22. The summed E-state index contributed by atoms with van der Waals surface area (Å²) in [5.41, 5.74) is 8.24. The van der Waals surface area contributed by atoms with Gasteiger partial charge in [-0.25, -0.2) is 4.98 Å². The molecule has 0 aliphatic heterocycles. The summed E-state index contributed by atoms with van der Waals surface area (Å²) >= 11 is 5.90. The van der Waals surface area contributed by atoms with Crippen molar-refractivity contribution in [1.29, 1.82) is 0 Å². The number of halogens is 1. The van der Waals surface area contributed by atoms with Crippen molar-refractivity contribution < 1.29 is 0 Å². The molecule has 0 unspecified atom stereocenters. The van der Waals surface area contributed by atoms with Crippen molar-refractivity contribution in [3.63, 3.8) is 0 Å². The molecule has 0 aliphatic carbocycles. The van der Waals surface area contributed by atoms with Crippen LogP contribution >= 0.6 is 11.6 Å². The normalized spacial score (nSPS) is 11.0. The third-order valence-corrected chi connectivity index (χ3v) is 4.47. The number of benzene rings is 1. The molecular formula is C19H22ClN5O. The second kappa shape index (κ2) is 8.19. The number of nitrogen functional groups attached to an aromatic ring is 1. The Hall–Kier alpha value is -2.60. The van der Waals surface area contributed by atoms with Crippen LogP contribution in [-0.4, -0.2) is 21.1 Å². The predicted molar refractivity (Wildman–Crippen MR) is 107 cm³/mol. The van der Waals surface area contributed by atoms with Crippen LogP contribution in [0.25, 0.3) is 10.9 Å². The number of nitrogens with one attached hydrogen (secondary N) is 1. The number of anilines is 2. The highest BCUT2D eigenvalue weighted by Gasteiger charge is 2.12. The van der Waals surface area contributed by atoms with Crippen molar-refractivity contribution >= 4 is 34.3 Å². The first-order valence-corrected chi connectivity index (χ1v) is 9.20. The molecule has 26 heavy (non-hydrogen) atoms. The summed E-state index contributed by atoms with van der Waals surface area (Å²) in [6.07, 6.45) is 3.77. The first kappa shape index (κ1) is 18.2. The summed E-state index contributed by atoms with van der Waals surface area (Å²) in [4.78, 5) is 21.5. The van der Waals surface area contributed by atoms with Gasteiger partial charge in [0.25, 0.3) is 5.56 Å². The van der Waals surface area contributed by atoms with Gasteiger partial charge in [-0.1, -0.05) is 37.6 Å². The Morgan fingerprint density at radius 3 is 2.81 bits per heavy atom. The molecule has 7 heteroatoms. The zero-order chi connectivity index (χ0) is 18.5. The maximum atomic E-state index is 13.0. The van der Waals surface area contributed by atoms with Crippen LogP contribution in [0.2, 0.25) is 0 Å². The summed E-state index contributed by atoms with van der Waals surface area (Å²) in [5.74, 6) is 1.09. The molecule has 0 saturated carbocycles. The lowest BCUT2D eigenvalue weighted by Gasteiger charge is -2.12. The Kier molecular flexibility index (Phi) is 5.73. The van der Waals surface area contributed by atoms with E-state index in [0.717, 1.165) is 30.5 Å². The molecule has 3 N–H and O–H groups in total. The van der Waals surface area contributed by atoms with Crippen molar-refractivity contribution in [2.45, 2.75) is 32.2 Å². The number of alkyl halides is 1. The maximum Gasteiger partial charge on any atom is 0.264 e. The van der Waals surface area contributed by atoms with E-state index in [1.807, 2.05) is 24.3 Å². The summed E-state index contributed by atoms with van der Waals surface area (Å²) in [6, 6.07) is 9.69. The third-order valence-electron chi connectivity index (χ3n) is 4.16. The Bertz CT molecular complexity index is 970. The van der Waals surface area contributed by atoms with Crippen LogP contribution in [0.3, 0.4) is 0 Å². The second-order valence-corrected chi connectivity index (χ2v) is 6.44. The zero-order valence-electron chi connectivity index (χ0n) is 14.7. The first-order chi connectivity index (χ1) is 12.6. The van der Waals surface area contributed by atoms with Gasteiger partial charge in [0.2, 0.25) is 5.95 Å². The fourth-order valence-corrected chi connectivity index (χ4v) is 3.01. The van der Waals surface area contributed by atoms with Gasteiger partial charge in [0, 0.05) is 18.6 Å². The van der Waals surface area contributed by atoms with Crippen LogP contribution in [0, 0.1) is 0 Å². The highest BCUT2D eigenvalue weighted by molar-refractivity contribution is 6.17. The Morgan fingerprint density at radius 1 is 1.23 bits per heavy atom. The van der Waals surface area contributed by atoms with Gasteiger partial charge in [-0.2, -0.15) is 4.98 Å². The van der Waals surface area contributed by atoms with Crippen LogP contribution in [0.15, 0.2) is 41.3 Å². The van der Waals surface area contributed by atoms with E-state index >= 15 is 0 Å². The van der Waals surface area contributed by atoms with E-state index < -0.39 is 0 Å². The molecule has 136 valence electrons. The van der Waals surface area contributed by atoms with Gasteiger partial charge < -0.3 is 15.6 Å². The van der Waals surface area contributed by atoms with Crippen LogP contribution in [0.4, 0.5) is 11.8 Å². The molecule has 0 bridgehead atoms. The highest BCUT2D eigenvalue weighted by Crippen LogP contribution is 2.18. The number of aromatic nitrogens is 3. The van der Waals surface area contributed by atoms with Crippen LogP contribution in [-0.2, 0) is 12.4 Å². The van der Waals surface area contributed by atoms with Crippen LogP contribution in [0.5, 0.6) is 0 Å². The molecule has 0 radical (unpaired) electrons. The number of fused-ring (bicyclic) bond motifs is 1. The predicted octanol–water partition coefficient (Wildman–Crippen LogP) is 3.37. The molecule has 3 rings (SSSR count). The second-order valence-electron chi connectivity index (χ2n) is 6.17. The van der Waals surface area contributed by atoms with Gasteiger partial charge in [-0.3, -0.25) is 4.79 Å². The fraction of sp³-hybridized carbons (Fsp3) is 0.316. The first-order valence-electron chi connectivity index (χ1n) is 8.66. The Labute approximate surface area is 157 Å². The Balaban J connectivity index is 2.02. The van der Waals surface area contributed by atoms with E-state index in [1.165, 1.54) is 0 Å². The van der Waals surface area contributed by atoms with Gasteiger partial charge in [0.15, 0.2) is 0 Å². The molecule has 0 aliphatic rings. The largest absolute Gasteiger partial charge is 0.369 e. The van der Waals surface area contributed by atoms with E-state index in [-0.39, 0.29) is 11.5 Å². The van der Waals surface area contributed by atoms with E-state index in [0.29, 0.717) is 29.1 Å². The molecule has 2 aromatic heterocycles. The number of unbranched alkanes of at least 4 members (excludes halogenated alkanes) is 1. The lowest BCUT2D eigenvalue weighted by molar-refractivity contribution is 0.766. The maximum absolute atomic E-state index is 13.0. The van der Waals surface area contributed by atoms with Crippen molar-refractivity contribution in [3.8, 4) is 0 Å². The standard InChI is InChI=1S/C19H22ClN5O/c1-2-3-8-22-17-16-15(23-19(21)24-17)7-9-25(18(16)26)12-14-6-4-5-13(10-14)11-20/h4-7,9-10H,2-3,8,11-12H2,1H3,(H3,21,22,23,24). The Morgan fingerprint density at radius 2 is 2.04 bits per heavy atom. The summed E-state index contributed by atoms with van der Waals surface area (Å²) in [7, 11) is 0. The van der Waals surface area contributed by atoms with Crippen molar-refractivity contribution in [1.82, 2.24) is 14.5 Å². The molecule has 0 amide bonds. The molecular weight excluding hydrogens is 350 g/mol. The van der Waals surface area contributed by atoms with E-state index in [2.05, 4.69) is 22.2 Å². The van der Waals surface area contributed by atoms with Crippen molar-refractivity contribution in [3.05, 3.63) is 58.0 Å². The number of hydrogen-bond donors (Lipinski definition) is 2.